The standard InChI is InChI=1S/C28H29ClN2O7S/c1-4-27(38-39(35,36)24-11-5-18(2)6-12-24)37-23-10-7-20-16-21(29)8-14-26(20)30(17-23)28(32)25-13-9-22(31(33)34)15-19(25)3/h5-6,8-9,11-16,23,27H,4,7,10,17H2,1-3H3. The Morgan fingerprint density at radius 3 is 2.49 bits per heavy atom. The molecule has 3 aromatic carbocycles. The molecule has 1 heterocycles. The van der Waals surface area contributed by atoms with E-state index in [2.05, 4.69) is 0 Å². The molecule has 1 amide bonds. The number of nitrogens with zero attached hydrogens (tertiary/aromatic N) is 2. The molecule has 0 aromatic heterocycles. The molecule has 2 unspecified atom stereocenters. The van der Waals surface area contributed by atoms with Gasteiger partial charge in [0.2, 0.25) is 0 Å². The van der Waals surface area contributed by atoms with Crippen LogP contribution in [0, 0.1) is 24.0 Å². The molecular formula is C28H29ClN2O7S. The molecule has 39 heavy (non-hydrogen) atoms. The van der Waals surface area contributed by atoms with Crippen LogP contribution in [-0.2, 0) is 25.5 Å². The van der Waals surface area contributed by atoms with Crippen molar-refractivity contribution in [3.63, 3.8) is 0 Å². The topological polar surface area (TPSA) is 116 Å². The number of halogens is 1. The van der Waals surface area contributed by atoms with E-state index >= 15 is 0 Å². The third kappa shape index (κ3) is 6.65. The highest BCUT2D eigenvalue weighted by Gasteiger charge is 2.31. The zero-order valence-electron chi connectivity index (χ0n) is 21.8. The van der Waals surface area contributed by atoms with Crippen LogP contribution in [0.3, 0.4) is 0 Å². The van der Waals surface area contributed by atoms with Gasteiger partial charge < -0.3 is 9.64 Å². The molecule has 3 aromatic rings. The molecule has 4 rings (SSSR count). The highest BCUT2D eigenvalue weighted by molar-refractivity contribution is 7.86. The van der Waals surface area contributed by atoms with Crippen LogP contribution < -0.4 is 4.90 Å². The van der Waals surface area contributed by atoms with Crippen LogP contribution in [0.2, 0.25) is 5.02 Å². The minimum absolute atomic E-state index is 0.0310. The van der Waals surface area contributed by atoms with Crippen LogP contribution in [0.1, 0.15) is 46.8 Å². The minimum Gasteiger partial charge on any atom is -0.346 e. The Kier molecular flexibility index (Phi) is 8.70. The van der Waals surface area contributed by atoms with Crippen LogP contribution in [0.5, 0.6) is 0 Å². The predicted molar refractivity (Wildman–Crippen MR) is 148 cm³/mol. The Morgan fingerprint density at radius 1 is 1.13 bits per heavy atom. The molecule has 0 aliphatic carbocycles. The fraction of sp³-hybridized carbons (Fsp3) is 0.321. The maximum Gasteiger partial charge on any atom is 0.299 e. The van der Waals surface area contributed by atoms with E-state index in [4.69, 9.17) is 20.5 Å². The normalized spacial score (nSPS) is 16.3. The number of carbonyl (C=O) groups excluding carboxylic acids is 1. The van der Waals surface area contributed by atoms with Crippen LogP contribution >= 0.6 is 11.6 Å². The number of hydrogen-bond donors (Lipinski definition) is 0. The number of carbonyl (C=O) groups is 1. The number of aryl methyl sites for hydroxylation is 3. The lowest BCUT2D eigenvalue weighted by Crippen LogP contribution is -2.40. The van der Waals surface area contributed by atoms with Gasteiger partial charge in [0.05, 0.1) is 22.5 Å². The second-order valence-electron chi connectivity index (χ2n) is 9.44. The Hall–Kier alpha value is -3.31. The van der Waals surface area contributed by atoms with Gasteiger partial charge in [0, 0.05) is 28.4 Å². The number of hydrogen-bond acceptors (Lipinski definition) is 7. The summed E-state index contributed by atoms with van der Waals surface area (Å²) in [6, 6.07) is 15.7. The van der Waals surface area contributed by atoms with Gasteiger partial charge in [-0.25, -0.2) is 4.18 Å². The molecule has 0 N–H and O–H groups in total. The van der Waals surface area contributed by atoms with E-state index in [0.29, 0.717) is 34.7 Å². The number of benzene rings is 3. The van der Waals surface area contributed by atoms with Crippen molar-refractivity contribution in [2.45, 2.75) is 57.3 Å². The first-order chi connectivity index (χ1) is 18.5. The van der Waals surface area contributed by atoms with Crippen LogP contribution in [0.15, 0.2) is 65.6 Å². The molecule has 0 saturated carbocycles. The number of anilines is 1. The van der Waals surface area contributed by atoms with E-state index < -0.39 is 27.4 Å². The van der Waals surface area contributed by atoms with E-state index in [9.17, 15) is 23.3 Å². The third-order valence-electron chi connectivity index (χ3n) is 6.57. The monoisotopic (exact) mass is 572 g/mol. The Morgan fingerprint density at radius 2 is 1.85 bits per heavy atom. The fourth-order valence-corrected chi connectivity index (χ4v) is 5.72. The SMILES string of the molecule is CCC(OC1CCc2cc(Cl)ccc2N(C(=O)c2ccc([N+](=O)[O-])cc2C)C1)OS(=O)(=O)c1ccc(C)cc1. The number of rotatable bonds is 8. The highest BCUT2D eigenvalue weighted by Crippen LogP contribution is 2.32. The van der Waals surface area contributed by atoms with Gasteiger partial charge in [0.15, 0.2) is 6.29 Å². The van der Waals surface area contributed by atoms with Crippen molar-refractivity contribution < 1.29 is 27.1 Å². The summed E-state index contributed by atoms with van der Waals surface area (Å²) >= 11 is 6.25. The van der Waals surface area contributed by atoms with Crippen molar-refractivity contribution in [2.24, 2.45) is 0 Å². The first kappa shape index (κ1) is 28.7. The second kappa shape index (κ2) is 11.8. The van der Waals surface area contributed by atoms with Crippen LogP contribution in [0.4, 0.5) is 11.4 Å². The Labute approximate surface area is 232 Å². The van der Waals surface area contributed by atoms with Crippen molar-refractivity contribution in [1.29, 1.82) is 0 Å². The van der Waals surface area contributed by atoms with Crippen molar-refractivity contribution in [3.05, 3.63) is 98.1 Å². The maximum atomic E-state index is 13.8. The number of fused-ring (bicyclic) bond motifs is 1. The predicted octanol–water partition coefficient (Wildman–Crippen LogP) is 5.98. The lowest BCUT2D eigenvalue weighted by atomic mass is 10.0. The van der Waals surface area contributed by atoms with Gasteiger partial charge in [-0.2, -0.15) is 8.42 Å². The zero-order valence-corrected chi connectivity index (χ0v) is 23.4. The van der Waals surface area contributed by atoms with Gasteiger partial charge in [-0.15, -0.1) is 0 Å². The number of nitro groups is 1. The first-order valence-corrected chi connectivity index (χ1v) is 14.3. The van der Waals surface area contributed by atoms with E-state index in [1.807, 2.05) is 6.92 Å². The molecule has 11 heteroatoms. The smallest absolute Gasteiger partial charge is 0.299 e. The molecule has 0 fully saturated rings. The molecule has 1 aliphatic heterocycles. The molecular weight excluding hydrogens is 544 g/mol. The van der Waals surface area contributed by atoms with E-state index in [0.717, 1.165) is 11.1 Å². The summed E-state index contributed by atoms with van der Waals surface area (Å²) in [6.45, 7) is 5.38. The summed E-state index contributed by atoms with van der Waals surface area (Å²) in [5.74, 6) is -0.359. The lowest BCUT2D eigenvalue weighted by Gasteiger charge is -2.28. The van der Waals surface area contributed by atoms with Crippen LogP contribution in [0.25, 0.3) is 0 Å². The lowest BCUT2D eigenvalue weighted by molar-refractivity contribution is -0.384. The van der Waals surface area contributed by atoms with Gasteiger partial charge in [-0.05, 0) is 80.6 Å². The van der Waals surface area contributed by atoms with E-state index in [1.165, 1.54) is 30.3 Å². The van der Waals surface area contributed by atoms with Gasteiger partial charge in [0.1, 0.15) is 0 Å². The second-order valence-corrected chi connectivity index (χ2v) is 11.5. The number of non-ortho nitro benzene ring substituents is 1. The summed E-state index contributed by atoms with van der Waals surface area (Å²) in [5.41, 5.74) is 3.07. The average molecular weight is 573 g/mol. The number of amides is 1. The Balaban J connectivity index is 1.61. The quantitative estimate of drug-likeness (QED) is 0.141. The molecule has 2 atom stereocenters. The fourth-order valence-electron chi connectivity index (χ4n) is 4.48. The summed E-state index contributed by atoms with van der Waals surface area (Å²) in [4.78, 5) is 26.0. The molecule has 0 radical (unpaired) electrons. The van der Waals surface area contributed by atoms with Gasteiger partial charge in [-0.1, -0.05) is 36.2 Å². The number of nitro benzene ring substituents is 1. The maximum absolute atomic E-state index is 13.8. The number of ether oxygens (including phenoxy) is 1. The molecule has 0 bridgehead atoms. The summed E-state index contributed by atoms with van der Waals surface area (Å²) in [6.07, 6.45) is -0.345. The first-order valence-electron chi connectivity index (χ1n) is 12.5. The summed E-state index contributed by atoms with van der Waals surface area (Å²) < 4.78 is 37.4. The zero-order chi connectivity index (χ0) is 28.3. The molecule has 1 aliphatic rings. The van der Waals surface area contributed by atoms with E-state index in [-0.39, 0.29) is 29.5 Å². The van der Waals surface area contributed by atoms with E-state index in [1.54, 1.807) is 49.1 Å². The van der Waals surface area contributed by atoms with Crippen molar-refractivity contribution in [2.75, 3.05) is 11.4 Å². The van der Waals surface area contributed by atoms with Crippen molar-refractivity contribution >= 4 is 39.0 Å². The molecule has 0 spiro atoms. The van der Waals surface area contributed by atoms with Crippen molar-refractivity contribution in [3.8, 4) is 0 Å². The molecule has 0 saturated heterocycles. The van der Waals surface area contributed by atoms with Gasteiger partial charge in [-0.3, -0.25) is 14.9 Å². The highest BCUT2D eigenvalue weighted by atomic mass is 35.5. The van der Waals surface area contributed by atoms with Gasteiger partial charge >= 0.3 is 0 Å². The summed E-state index contributed by atoms with van der Waals surface area (Å²) in [7, 11) is -4.08. The van der Waals surface area contributed by atoms with Crippen molar-refractivity contribution in [1.82, 2.24) is 0 Å². The minimum atomic E-state index is -4.08. The van der Waals surface area contributed by atoms with Gasteiger partial charge in [0.25, 0.3) is 21.7 Å². The summed E-state index contributed by atoms with van der Waals surface area (Å²) in [5, 5.41) is 11.7. The van der Waals surface area contributed by atoms with Crippen LogP contribution in [-0.4, -0.2) is 38.2 Å². The third-order valence-corrected chi connectivity index (χ3v) is 8.12. The molecule has 9 nitrogen and oxygen atoms in total. The average Bonchev–Trinajstić information content (AvgIpc) is 3.07. The largest absolute Gasteiger partial charge is 0.346 e. The Bertz CT molecular complexity index is 1490. The molecule has 206 valence electrons.